The number of aromatic nitrogens is 1. The molecule has 3 rings (SSSR count). The van der Waals surface area contributed by atoms with Crippen molar-refractivity contribution in [1.82, 2.24) is 4.57 Å². The highest BCUT2D eigenvalue weighted by Gasteiger charge is 2.07. The summed E-state index contributed by atoms with van der Waals surface area (Å²) in [7, 11) is 0. The van der Waals surface area contributed by atoms with Gasteiger partial charge in [0.15, 0.2) is 11.6 Å². The highest BCUT2D eigenvalue weighted by Crippen LogP contribution is 2.25. The van der Waals surface area contributed by atoms with Crippen LogP contribution in [-0.4, -0.2) is 4.57 Å². The predicted molar refractivity (Wildman–Crippen MR) is 72.4 cm³/mol. The molecule has 0 saturated heterocycles. The number of rotatable bonds is 2. The van der Waals surface area contributed by atoms with Gasteiger partial charge in [-0.25, -0.2) is 8.78 Å². The number of hydrogen-bond donors (Lipinski definition) is 0. The van der Waals surface area contributed by atoms with E-state index in [1.165, 1.54) is 6.07 Å². The summed E-state index contributed by atoms with van der Waals surface area (Å²) in [5, 5.41) is 1.67. The number of nitrogens with zero attached hydrogens (tertiary/aromatic N) is 1. The zero-order valence-electron chi connectivity index (χ0n) is 9.91. The fraction of sp³-hybridized carbons (Fsp3) is 0.0667. The Labute approximate surface area is 114 Å². The standard InChI is InChI=1S/C15H10ClF2N/c16-12-3-1-2-11-6-7-19(15(11)12)9-10-4-5-13(17)14(18)8-10/h1-8H,9H2. The van der Waals surface area contributed by atoms with Crippen LogP contribution in [-0.2, 0) is 6.54 Å². The molecular weight excluding hydrogens is 268 g/mol. The Bertz CT molecular complexity index is 749. The molecule has 96 valence electrons. The predicted octanol–water partition coefficient (Wildman–Crippen LogP) is 4.62. The molecule has 0 saturated carbocycles. The maximum absolute atomic E-state index is 13.2. The van der Waals surface area contributed by atoms with E-state index < -0.39 is 11.6 Å². The van der Waals surface area contributed by atoms with Gasteiger partial charge in [-0.15, -0.1) is 0 Å². The first kappa shape index (κ1) is 12.2. The van der Waals surface area contributed by atoms with Gasteiger partial charge < -0.3 is 4.57 Å². The van der Waals surface area contributed by atoms with Gasteiger partial charge in [0.05, 0.1) is 10.5 Å². The topological polar surface area (TPSA) is 4.93 Å². The lowest BCUT2D eigenvalue weighted by Gasteiger charge is -2.07. The van der Waals surface area contributed by atoms with E-state index in [9.17, 15) is 8.78 Å². The van der Waals surface area contributed by atoms with Crippen LogP contribution in [0.25, 0.3) is 10.9 Å². The van der Waals surface area contributed by atoms with Crippen LogP contribution in [0.4, 0.5) is 8.78 Å². The second-order valence-corrected chi connectivity index (χ2v) is 4.78. The minimum absolute atomic E-state index is 0.449. The van der Waals surface area contributed by atoms with Crippen LogP contribution >= 0.6 is 11.6 Å². The number of halogens is 3. The van der Waals surface area contributed by atoms with E-state index in [0.29, 0.717) is 17.1 Å². The van der Waals surface area contributed by atoms with Crippen molar-refractivity contribution in [2.75, 3.05) is 0 Å². The van der Waals surface area contributed by atoms with E-state index in [1.54, 1.807) is 6.07 Å². The third-order valence-electron chi connectivity index (χ3n) is 3.08. The van der Waals surface area contributed by atoms with E-state index in [4.69, 9.17) is 11.6 Å². The van der Waals surface area contributed by atoms with Crippen LogP contribution in [0.15, 0.2) is 48.7 Å². The van der Waals surface area contributed by atoms with E-state index in [-0.39, 0.29) is 0 Å². The summed E-state index contributed by atoms with van der Waals surface area (Å²) in [5.74, 6) is -1.67. The number of para-hydroxylation sites is 1. The van der Waals surface area contributed by atoms with Crippen molar-refractivity contribution < 1.29 is 8.78 Å². The molecule has 0 bridgehead atoms. The molecule has 1 aromatic heterocycles. The SMILES string of the molecule is Fc1ccc(Cn2ccc3cccc(Cl)c32)cc1F. The fourth-order valence-corrected chi connectivity index (χ4v) is 2.47. The quantitative estimate of drug-likeness (QED) is 0.644. The summed E-state index contributed by atoms with van der Waals surface area (Å²) in [4.78, 5) is 0. The van der Waals surface area contributed by atoms with E-state index in [0.717, 1.165) is 17.0 Å². The smallest absolute Gasteiger partial charge is 0.159 e. The van der Waals surface area contributed by atoms with Gasteiger partial charge in [0.25, 0.3) is 0 Å². The van der Waals surface area contributed by atoms with Gasteiger partial charge in [0.2, 0.25) is 0 Å². The molecular formula is C15H10ClF2N. The molecule has 0 unspecified atom stereocenters. The van der Waals surface area contributed by atoms with Crippen molar-refractivity contribution >= 4 is 22.5 Å². The lowest BCUT2D eigenvalue weighted by molar-refractivity contribution is 0.506. The van der Waals surface area contributed by atoms with Gasteiger partial charge in [0, 0.05) is 18.1 Å². The van der Waals surface area contributed by atoms with Crippen LogP contribution in [0, 0.1) is 11.6 Å². The molecule has 0 aliphatic heterocycles. The Hall–Kier alpha value is -1.87. The zero-order valence-corrected chi connectivity index (χ0v) is 10.7. The van der Waals surface area contributed by atoms with Crippen molar-refractivity contribution in [3.05, 3.63) is 70.9 Å². The minimum atomic E-state index is -0.834. The first-order valence-electron chi connectivity index (χ1n) is 5.82. The van der Waals surface area contributed by atoms with Crippen LogP contribution in [0.5, 0.6) is 0 Å². The summed E-state index contributed by atoms with van der Waals surface area (Å²) in [6.45, 7) is 0.449. The second kappa shape index (κ2) is 4.67. The lowest BCUT2D eigenvalue weighted by Crippen LogP contribution is -1.99. The number of benzene rings is 2. The molecule has 0 radical (unpaired) electrons. The lowest BCUT2D eigenvalue weighted by atomic mass is 10.2. The summed E-state index contributed by atoms with van der Waals surface area (Å²) >= 11 is 6.17. The molecule has 1 nitrogen and oxygen atoms in total. The molecule has 0 N–H and O–H groups in total. The maximum Gasteiger partial charge on any atom is 0.159 e. The average Bonchev–Trinajstić information content (AvgIpc) is 2.79. The Kier molecular flexibility index (Phi) is 2.99. The van der Waals surface area contributed by atoms with Crippen molar-refractivity contribution in [2.24, 2.45) is 0 Å². The van der Waals surface area contributed by atoms with Gasteiger partial charge in [-0.2, -0.15) is 0 Å². The fourth-order valence-electron chi connectivity index (χ4n) is 2.18. The van der Waals surface area contributed by atoms with E-state index >= 15 is 0 Å². The monoisotopic (exact) mass is 277 g/mol. The third kappa shape index (κ3) is 2.22. The molecule has 0 spiro atoms. The van der Waals surface area contributed by atoms with Crippen molar-refractivity contribution in [3.8, 4) is 0 Å². The summed E-state index contributed by atoms with van der Waals surface area (Å²) in [6, 6.07) is 11.5. The first-order valence-corrected chi connectivity index (χ1v) is 6.20. The molecule has 0 aliphatic carbocycles. The Morgan fingerprint density at radius 1 is 1.00 bits per heavy atom. The van der Waals surface area contributed by atoms with Crippen LogP contribution < -0.4 is 0 Å². The van der Waals surface area contributed by atoms with Gasteiger partial charge >= 0.3 is 0 Å². The molecule has 1 heterocycles. The zero-order chi connectivity index (χ0) is 13.4. The molecule has 0 amide bonds. The Balaban J connectivity index is 2.03. The summed E-state index contributed by atoms with van der Waals surface area (Å²) < 4.78 is 28.0. The van der Waals surface area contributed by atoms with Crippen LogP contribution in [0.2, 0.25) is 5.02 Å². The largest absolute Gasteiger partial charge is 0.342 e. The highest BCUT2D eigenvalue weighted by atomic mass is 35.5. The van der Waals surface area contributed by atoms with Gasteiger partial charge in [-0.1, -0.05) is 29.8 Å². The molecule has 3 aromatic rings. The third-order valence-corrected chi connectivity index (χ3v) is 3.38. The maximum atomic E-state index is 13.2. The highest BCUT2D eigenvalue weighted by molar-refractivity contribution is 6.35. The Morgan fingerprint density at radius 3 is 2.63 bits per heavy atom. The minimum Gasteiger partial charge on any atom is -0.342 e. The normalized spacial score (nSPS) is 11.1. The average molecular weight is 278 g/mol. The van der Waals surface area contributed by atoms with Crippen LogP contribution in [0.3, 0.4) is 0 Å². The first-order chi connectivity index (χ1) is 9.15. The summed E-state index contributed by atoms with van der Waals surface area (Å²) in [6.07, 6.45) is 1.89. The number of fused-ring (bicyclic) bond motifs is 1. The summed E-state index contributed by atoms with van der Waals surface area (Å²) in [5.41, 5.74) is 1.59. The molecule has 2 aromatic carbocycles. The molecule has 0 aliphatic rings. The molecule has 0 fully saturated rings. The number of hydrogen-bond acceptors (Lipinski definition) is 0. The van der Waals surface area contributed by atoms with E-state index in [1.807, 2.05) is 35.0 Å². The van der Waals surface area contributed by atoms with Gasteiger partial charge in [-0.3, -0.25) is 0 Å². The van der Waals surface area contributed by atoms with Crippen LogP contribution in [0.1, 0.15) is 5.56 Å². The van der Waals surface area contributed by atoms with Crippen molar-refractivity contribution in [1.29, 1.82) is 0 Å². The van der Waals surface area contributed by atoms with Crippen molar-refractivity contribution in [3.63, 3.8) is 0 Å². The van der Waals surface area contributed by atoms with Crippen molar-refractivity contribution in [2.45, 2.75) is 6.54 Å². The molecule has 4 heteroatoms. The van der Waals surface area contributed by atoms with Gasteiger partial charge in [0.1, 0.15) is 0 Å². The van der Waals surface area contributed by atoms with Gasteiger partial charge in [-0.05, 0) is 29.8 Å². The molecule has 19 heavy (non-hydrogen) atoms. The van der Waals surface area contributed by atoms with E-state index in [2.05, 4.69) is 0 Å². The second-order valence-electron chi connectivity index (χ2n) is 4.37. The Morgan fingerprint density at radius 2 is 1.84 bits per heavy atom. The molecule has 0 atom stereocenters.